The van der Waals surface area contributed by atoms with E-state index in [9.17, 15) is 9.59 Å². The van der Waals surface area contributed by atoms with E-state index in [1.807, 2.05) is 79.7 Å². The van der Waals surface area contributed by atoms with Crippen LogP contribution in [-0.4, -0.2) is 36.7 Å². The summed E-state index contributed by atoms with van der Waals surface area (Å²) in [7, 11) is 1.62. The van der Waals surface area contributed by atoms with Crippen molar-refractivity contribution in [1.29, 1.82) is 0 Å². The van der Waals surface area contributed by atoms with E-state index in [4.69, 9.17) is 14.2 Å². The first-order valence-electron chi connectivity index (χ1n) is 12.2. The molecule has 4 rings (SSSR count). The molecular formula is C29H32N2O5. The maximum absolute atomic E-state index is 13.6. The minimum atomic E-state index is -0.664. The topological polar surface area (TPSA) is 77.1 Å². The molecule has 1 N–H and O–H groups in total. The molecule has 1 atom stereocenters. The van der Waals surface area contributed by atoms with Gasteiger partial charge >= 0.3 is 0 Å². The molecule has 0 radical (unpaired) electrons. The highest BCUT2D eigenvalue weighted by atomic mass is 16.7. The van der Waals surface area contributed by atoms with E-state index in [1.54, 1.807) is 12.0 Å². The summed E-state index contributed by atoms with van der Waals surface area (Å²) in [6.07, 6.45) is 1.49. The van der Waals surface area contributed by atoms with Gasteiger partial charge in [0.2, 0.25) is 18.6 Å². The van der Waals surface area contributed by atoms with Crippen LogP contribution < -0.4 is 19.5 Å². The van der Waals surface area contributed by atoms with Crippen molar-refractivity contribution < 1.29 is 23.8 Å². The highest BCUT2D eigenvalue weighted by Gasteiger charge is 2.30. The van der Waals surface area contributed by atoms with E-state index < -0.39 is 6.04 Å². The van der Waals surface area contributed by atoms with E-state index in [0.29, 0.717) is 43.9 Å². The van der Waals surface area contributed by atoms with Gasteiger partial charge in [-0.25, -0.2) is 0 Å². The van der Waals surface area contributed by atoms with Crippen molar-refractivity contribution in [3.05, 3.63) is 89.5 Å². The maximum atomic E-state index is 13.6. The van der Waals surface area contributed by atoms with Gasteiger partial charge in [-0.3, -0.25) is 9.59 Å². The Kier molecular flexibility index (Phi) is 8.44. The second-order valence-corrected chi connectivity index (χ2v) is 8.73. The number of amides is 2. The summed E-state index contributed by atoms with van der Waals surface area (Å²) in [5.74, 6) is 1.86. The summed E-state index contributed by atoms with van der Waals surface area (Å²) in [6, 6.07) is 22.3. The number of carbonyl (C=O) groups is 2. The Hall–Kier alpha value is -4.00. The molecule has 0 bridgehead atoms. The number of rotatable bonds is 11. The molecule has 0 saturated carbocycles. The van der Waals surface area contributed by atoms with Crippen LogP contribution in [0.3, 0.4) is 0 Å². The molecule has 1 aliphatic heterocycles. The number of nitrogens with zero attached hydrogens (tertiary/aromatic N) is 1. The monoisotopic (exact) mass is 488 g/mol. The quantitative estimate of drug-likeness (QED) is 0.431. The number of benzene rings is 3. The lowest BCUT2D eigenvalue weighted by atomic mass is 10.0. The van der Waals surface area contributed by atoms with Gasteiger partial charge in [-0.2, -0.15) is 0 Å². The molecule has 1 heterocycles. The van der Waals surface area contributed by atoms with Crippen molar-refractivity contribution in [3.63, 3.8) is 0 Å². The van der Waals surface area contributed by atoms with Crippen LogP contribution in [0.4, 0.5) is 0 Å². The molecule has 2 amide bonds. The SMILES string of the molecule is CCCC(=O)N(Cc1ccc(OC)cc1)[C@H](Cc1ccccc1)C(=O)NCc1ccc2c(c1)OCO2. The van der Waals surface area contributed by atoms with Crippen LogP contribution >= 0.6 is 0 Å². The third-order valence-electron chi connectivity index (χ3n) is 6.15. The number of hydrogen-bond donors (Lipinski definition) is 1. The smallest absolute Gasteiger partial charge is 0.243 e. The number of nitrogens with one attached hydrogen (secondary N) is 1. The molecule has 188 valence electrons. The Morgan fingerprint density at radius 3 is 2.39 bits per heavy atom. The number of hydrogen-bond acceptors (Lipinski definition) is 5. The molecule has 7 nitrogen and oxygen atoms in total. The summed E-state index contributed by atoms with van der Waals surface area (Å²) in [4.78, 5) is 28.6. The van der Waals surface area contributed by atoms with E-state index in [1.165, 1.54) is 0 Å². The predicted molar refractivity (Wildman–Crippen MR) is 137 cm³/mol. The molecule has 0 saturated heterocycles. The van der Waals surface area contributed by atoms with E-state index >= 15 is 0 Å². The van der Waals surface area contributed by atoms with Gasteiger partial charge in [-0.1, -0.05) is 55.5 Å². The van der Waals surface area contributed by atoms with Crippen LogP contribution in [0, 0.1) is 0 Å². The average molecular weight is 489 g/mol. The fourth-order valence-electron chi connectivity index (χ4n) is 4.20. The maximum Gasteiger partial charge on any atom is 0.243 e. The number of fused-ring (bicyclic) bond motifs is 1. The molecule has 3 aromatic carbocycles. The minimum absolute atomic E-state index is 0.0486. The third-order valence-corrected chi connectivity index (χ3v) is 6.15. The molecule has 0 aromatic heterocycles. The summed E-state index contributed by atoms with van der Waals surface area (Å²) >= 11 is 0. The average Bonchev–Trinajstić information content (AvgIpc) is 3.38. The molecule has 0 unspecified atom stereocenters. The zero-order chi connectivity index (χ0) is 25.3. The van der Waals surface area contributed by atoms with Gasteiger partial charge in [0.1, 0.15) is 11.8 Å². The highest BCUT2D eigenvalue weighted by molar-refractivity contribution is 5.88. The van der Waals surface area contributed by atoms with E-state index in [-0.39, 0.29) is 18.6 Å². The van der Waals surface area contributed by atoms with Gasteiger partial charge in [0.05, 0.1) is 7.11 Å². The van der Waals surface area contributed by atoms with Crippen molar-refractivity contribution in [2.45, 2.75) is 45.3 Å². The first-order chi connectivity index (χ1) is 17.6. The second kappa shape index (κ2) is 12.1. The van der Waals surface area contributed by atoms with Crippen molar-refractivity contribution in [2.24, 2.45) is 0 Å². The molecule has 7 heteroatoms. The number of carbonyl (C=O) groups excluding carboxylic acids is 2. The van der Waals surface area contributed by atoms with Gasteiger partial charge in [-0.15, -0.1) is 0 Å². The standard InChI is InChI=1S/C29H32N2O5/c1-3-7-28(32)31(19-22-10-13-24(34-2)14-11-22)25(16-21-8-5-4-6-9-21)29(33)30-18-23-12-15-26-27(17-23)36-20-35-26/h4-6,8-15,17,25H,3,7,16,18-20H2,1-2H3,(H,30,33)/t25-/m1/s1. The Morgan fingerprint density at radius 1 is 0.944 bits per heavy atom. The van der Waals surface area contributed by atoms with Crippen molar-refractivity contribution in [2.75, 3.05) is 13.9 Å². The van der Waals surface area contributed by atoms with Crippen LogP contribution in [0.5, 0.6) is 17.2 Å². The predicted octanol–water partition coefficient (Wildman–Crippen LogP) is 4.48. The molecule has 0 aliphatic carbocycles. The van der Waals surface area contributed by atoms with Crippen molar-refractivity contribution in [3.8, 4) is 17.2 Å². The lowest BCUT2D eigenvalue weighted by Gasteiger charge is -2.31. The second-order valence-electron chi connectivity index (χ2n) is 8.73. The molecule has 3 aromatic rings. The Bertz CT molecular complexity index is 1160. The summed E-state index contributed by atoms with van der Waals surface area (Å²) in [5.41, 5.74) is 2.82. The van der Waals surface area contributed by atoms with E-state index in [2.05, 4.69) is 5.32 Å². The number of ether oxygens (including phenoxy) is 3. The normalized spacial score (nSPS) is 12.6. The Balaban J connectivity index is 1.57. The fourth-order valence-corrected chi connectivity index (χ4v) is 4.20. The third kappa shape index (κ3) is 6.36. The van der Waals surface area contributed by atoms with Gasteiger partial charge in [-0.05, 0) is 47.4 Å². The highest BCUT2D eigenvalue weighted by Crippen LogP contribution is 2.32. The molecule has 1 aliphatic rings. The van der Waals surface area contributed by atoms with Gasteiger partial charge in [0.15, 0.2) is 11.5 Å². The fraction of sp³-hybridized carbons (Fsp3) is 0.310. The lowest BCUT2D eigenvalue weighted by Crippen LogP contribution is -2.50. The van der Waals surface area contributed by atoms with Crippen molar-refractivity contribution >= 4 is 11.8 Å². The number of methoxy groups -OCH3 is 1. The molecule has 0 fully saturated rings. The molecule has 0 spiro atoms. The van der Waals surface area contributed by atoms with Crippen LogP contribution in [0.1, 0.15) is 36.5 Å². The Morgan fingerprint density at radius 2 is 1.67 bits per heavy atom. The van der Waals surface area contributed by atoms with Crippen LogP contribution in [0.15, 0.2) is 72.8 Å². The van der Waals surface area contributed by atoms with E-state index in [0.717, 1.165) is 22.4 Å². The Labute approximate surface area is 212 Å². The van der Waals surface area contributed by atoms with Gasteiger partial charge in [0.25, 0.3) is 0 Å². The summed E-state index contributed by atoms with van der Waals surface area (Å²) in [6.45, 7) is 2.82. The summed E-state index contributed by atoms with van der Waals surface area (Å²) in [5, 5.41) is 3.04. The van der Waals surface area contributed by atoms with Crippen LogP contribution in [0.2, 0.25) is 0 Å². The van der Waals surface area contributed by atoms with Gasteiger partial charge < -0.3 is 24.4 Å². The zero-order valence-corrected chi connectivity index (χ0v) is 20.7. The minimum Gasteiger partial charge on any atom is -0.497 e. The van der Waals surface area contributed by atoms with Gasteiger partial charge in [0, 0.05) is 25.9 Å². The lowest BCUT2D eigenvalue weighted by molar-refractivity contribution is -0.141. The molecular weight excluding hydrogens is 456 g/mol. The van der Waals surface area contributed by atoms with Crippen molar-refractivity contribution in [1.82, 2.24) is 10.2 Å². The summed E-state index contributed by atoms with van der Waals surface area (Å²) < 4.78 is 16.1. The van der Waals surface area contributed by atoms with Crippen LogP contribution in [-0.2, 0) is 29.1 Å². The largest absolute Gasteiger partial charge is 0.497 e. The zero-order valence-electron chi connectivity index (χ0n) is 20.7. The van der Waals surface area contributed by atoms with Crippen LogP contribution in [0.25, 0.3) is 0 Å². The first-order valence-corrected chi connectivity index (χ1v) is 12.2. The first kappa shape index (κ1) is 25.1. The molecule has 36 heavy (non-hydrogen) atoms.